The predicted octanol–water partition coefficient (Wildman–Crippen LogP) is 0.981. The van der Waals surface area contributed by atoms with E-state index < -0.39 is 0 Å². The maximum Gasteiger partial charge on any atom is 0.345 e. The maximum atomic E-state index is 12.2. The summed E-state index contributed by atoms with van der Waals surface area (Å²) in [5.41, 5.74) is 0.0235. The van der Waals surface area contributed by atoms with Gasteiger partial charge in [0.1, 0.15) is 5.82 Å². The van der Waals surface area contributed by atoms with Gasteiger partial charge in [-0.1, -0.05) is 0 Å². The Morgan fingerprint density at radius 1 is 1.32 bits per heavy atom. The molecule has 8 nitrogen and oxygen atoms in total. The largest absolute Gasteiger partial charge is 0.380 e. The monoisotopic (exact) mass is 466 g/mol. The quantitative estimate of drug-likeness (QED) is 0.245. The number of nitrogens with zero attached hydrogens (tertiary/aromatic N) is 4. The Morgan fingerprint density at radius 2 is 2.16 bits per heavy atom. The van der Waals surface area contributed by atoms with E-state index in [1.54, 1.807) is 4.68 Å². The molecule has 1 aliphatic rings. The van der Waals surface area contributed by atoms with Gasteiger partial charge in [-0.2, -0.15) is 5.10 Å². The van der Waals surface area contributed by atoms with Crippen LogP contribution in [0.3, 0.4) is 0 Å². The summed E-state index contributed by atoms with van der Waals surface area (Å²) in [6, 6.07) is 0. The number of rotatable bonds is 9. The molecule has 9 heteroatoms. The van der Waals surface area contributed by atoms with Gasteiger partial charge in [-0.3, -0.25) is 9.56 Å². The summed E-state index contributed by atoms with van der Waals surface area (Å²) in [7, 11) is 0. The Hall–Kier alpha value is -1.10. The Morgan fingerprint density at radius 3 is 2.88 bits per heavy atom. The van der Waals surface area contributed by atoms with Gasteiger partial charge in [-0.25, -0.2) is 9.48 Å². The van der Waals surface area contributed by atoms with E-state index >= 15 is 0 Å². The third kappa shape index (κ3) is 6.96. The summed E-state index contributed by atoms with van der Waals surface area (Å²) in [6.45, 7) is 9.01. The minimum Gasteiger partial charge on any atom is -0.380 e. The molecule has 0 atom stereocenters. The fraction of sp³-hybridized carbons (Fsp3) is 0.812. The summed E-state index contributed by atoms with van der Waals surface area (Å²) in [5, 5.41) is 10.9. The average Bonchev–Trinajstić information content (AvgIpc) is 2.92. The lowest BCUT2D eigenvalue weighted by atomic mass is 10.2. The van der Waals surface area contributed by atoms with E-state index in [-0.39, 0.29) is 29.7 Å². The van der Waals surface area contributed by atoms with Crippen molar-refractivity contribution < 1.29 is 4.74 Å². The van der Waals surface area contributed by atoms with Gasteiger partial charge >= 0.3 is 5.69 Å². The first-order chi connectivity index (χ1) is 11.8. The Balaban J connectivity index is 0.00000312. The van der Waals surface area contributed by atoms with E-state index in [2.05, 4.69) is 20.7 Å². The van der Waals surface area contributed by atoms with Gasteiger partial charge in [0, 0.05) is 45.8 Å². The number of ether oxygens (including phenoxy) is 1. The molecule has 0 spiro atoms. The average molecular weight is 466 g/mol. The highest BCUT2D eigenvalue weighted by molar-refractivity contribution is 14.0. The lowest BCUT2D eigenvalue weighted by Gasteiger charge is -2.11. The van der Waals surface area contributed by atoms with Gasteiger partial charge in [0.05, 0.1) is 6.61 Å². The molecule has 2 heterocycles. The van der Waals surface area contributed by atoms with Crippen LogP contribution in [0.15, 0.2) is 9.79 Å². The zero-order chi connectivity index (χ0) is 17.2. The second kappa shape index (κ2) is 12.3. The molecule has 2 rings (SSSR count). The van der Waals surface area contributed by atoms with Gasteiger partial charge in [-0.05, 0) is 33.1 Å². The van der Waals surface area contributed by atoms with Crippen LogP contribution in [0.4, 0.5) is 0 Å². The number of aromatic nitrogens is 3. The van der Waals surface area contributed by atoms with Crippen LogP contribution in [0.1, 0.15) is 38.9 Å². The fourth-order valence-corrected chi connectivity index (χ4v) is 2.73. The molecule has 0 aromatic carbocycles. The van der Waals surface area contributed by atoms with Crippen molar-refractivity contribution in [1.82, 2.24) is 25.0 Å². The normalized spacial score (nSPS) is 13.9. The first kappa shape index (κ1) is 21.9. The highest BCUT2D eigenvalue weighted by Gasteiger charge is 2.15. The fourth-order valence-electron chi connectivity index (χ4n) is 2.73. The molecule has 0 amide bonds. The van der Waals surface area contributed by atoms with Crippen LogP contribution in [0.25, 0.3) is 0 Å². The van der Waals surface area contributed by atoms with E-state index in [9.17, 15) is 4.79 Å². The molecule has 0 saturated carbocycles. The van der Waals surface area contributed by atoms with Crippen LogP contribution >= 0.6 is 24.0 Å². The molecular formula is C16H31IN6O2. The molecule has 0 unspecified atom stereocenters. The number of halogens is 1. The lowest BCUT2D eigenvalue weighted by Crippen LogP contribution is -2.39. The number of hydrogen-bond donors (Lipinski definition) is 2. The Labute approximate surface area is 166 Å². The van der Waals surface area contributed by atoms with Crippen LogP contribution in [0, 0.1) is 0 Å². The van der Waals surface area contributed by atoms with Crippen molar-refractivity contribution in [3.63, 3.8) is 0 Å². The molecule has 0 aliphatic carbocycles. The Kier molecular flexibility index (Phi) is 10.8. The van der Waals surface area contributed by atoms with E-state index in [0.29, 0.717) is 19.7 Å². The number of nitrogens with one attached hydrogen (secondary N) is 2. The van der Waals surface area contributed by atoms with Gasteiger partial charge in [0.2, 0.25) is 0 Å². The maximum absolute atomic E-state index is 12.2. The molecule has 1 aromatic heterocycles. The number of aryl methyl sites for hydroxylation is 2. The van der Waals surface area contributed by atoms with E-state index in [1.807, 2.05) is 18.4 Å². The van der Waals surface area contributed by atoms with Gasteiger partial charge in [-0.15, -0.1) is 24.0 Å². The standard InChI is InChI=1S/C16H30N6O2.HI/c1-3-17-15(19-10-13-24-4-2)18-9-7-12-22-16(23)21-11-6-5-8-14(21)20-22;/h3-13H2,1-2H3,(H2,17,18,19);1H. The third-order valence-electron chi connectivity index (χ3n) is 3.92. The van der Waals surface area contributed by atoms with E-state index in [4.69, 9.17) is 4.74 Å². The zero-order valence-electron chi connectivity index (χ0n) is 15.3. The van der Waals surface area contributed by atoms with Gasteiger partial charge < -0.3 is 15.4 Å². The smallest absolute Gasteiger partial charge is 0.345 e. The first-order valence-electron chi connectivity index (χ1n) is 9.02. The van der Waals surface area contributed by atoms with Crippen LogP contribution in [-0.4, -0.2) is 53.2 Å². The van der Waals surface area contributed by atoms with E-state index in [0.717, 1.165) is 63.7 Å². The molecular weight excluding hydrogens is 435 g/mol. The van der Waals surface area contributed by atoms with Crippen LogP contribution in [0.2, 0.25) is 0 Å². The summed E-state index contributed by atoms with van der Waals surface area (Å²) in [5.74, 6) is 1.72. The highest BCUT2D eigenvalue weighted by atomic mass is 127. The molecule has 0 radical (unpaired) electrons. The van der Waals surface area contributed by atoms with Gasteiger partial charge in [0.25, 0.3) is 0 Å². The SMILES string of the molecule is CCNC(=NCCCn1nc2n(c1=O)CCCC2)NCCOCC.I. The molecule has 25 heavy (non-hydrogen) atoms. The lowest BCUT2D eigenvalue weighted by molar-refractivity contribution is 0.152. The zero-order valence-corrected chi connectivity index (χ0v) is 17.6. The molecule has 0 fully saturated rings. The van der Waals surface area contributed by atoms with Crippen LogP contribution in [0.5, 0.6) is 0 Å². The van der Waals surface area contributed by atoms with Crippen molar-refractivity contribution in [3.8, 4) is 0 Å². The number of fused-ring (bicyclic) bond motifs is 1. The predicted molar refractivity (Wildman–Crippen MR) is 110 cm³/mol. The molecule has 0 bridgehead atoms. The number of hydrogen-bond acceptors (Lipinski definition) is 4. The van der Waals surface area contributed by atoms with Crippen molar-refractivity contribution in [3.05, 3.63) is 16.3 Å². The summed E-state index contributed by atoms with van der Waals surface area (Å²) in [6.07, 6.45) is 3.90. The van der Waals surface area contributed by atoms with Crippen molar-refractivity contribution in [2.75, 3.05) is 32.8 Å². The molecule has 1 aromatic rings. The number of aliphatic imine (C=N–C) groups is 1. The molecule has 1 aliphatic heterocycles. The molecule has 2 N–H and O–H groups in total. The van der Waals surface area contributed by atoms with Crippen LogP contribution in [-0.2, 0) is 24.2 Å². The van der Waals surface area contributed by atoms with Crippen molar-refractivity contribution in [1.29, 1.82) is 0 Å². The third-order valence-corrected chi connectivity index (χ3v) is 3.92. The van der Waals surface area contributed by atoms with Crippen LogP contribution < -0.4 is 16.3 Å². The molecule has 144 valence electrons. The van der Waals surface area contributed by atoms with Gasteiger partial charge in [0.15, 0.2) is 5.96 Å². The molecule has 0 saturated heterocycles. The topological polar surface area (TPSA) is 85.5 Å². The number of guanidine groups is 1. The summed E-state index contributed by atoms with van der Waals surface area (Å²) >= 11 is 0. The van der Waals surface area contributed by atoms with Crippen molar-refractivity contribution in [2.24, 2.45) is 4.99 Å². The minimum atomic E-state index is 0. The summed E-state index contributed by atoms with van der Waals surface area (Å²) < 4.78 is 8.71. The van der Waals surface area contributed by atoms with Crippen molar-refractivity contribution in [2.45, 2.75) is 52.6 Å². The summed E-state index contributed by atoms with van der Waals surface area (Å²) in [4.78, 5) is 16.8. The minimum absolute atomic E-state index is 0. The Bertz CT molecular complexity index is 584. The van der Waals surface area contributed by atoms with E-state index in [1.165, 1.54) is 0 Å². The van der Waals surface area contributed by atoms with Crippen molar-refractivity contribution >= 4 is 29.9 Å². The first-order valence-corrected chi connectivity index (χ1v) is 9.02. The second-order valence-corrected chi connectivity index (χ2v) is 5.77. The highest BCUT2D eigenvalue weighted by Crippen LogP contribution is 2.09. The second-order valence-electron chi connectivity index (χ2n) is 5.77.